The zero-order valence-corrected chi connectivity index (χ0v) is 17.1. The molecule has 0 radical (unpaired) electrons. The number of rotatable bonds is 5. The first-order valence-electron chi connectivity index (χ1n) is 9.15. The highest BCUT2D eigenvalue weighted by Gasteiger charge is 2.16. The van der Waals surface area contributed by atoms with Crippen molar-refractivity contribution < 1.29 is 9.53 Å². The number of ether oxygens (including phenoxy) is 1. The van der Waals surface area contributed by atoms with Crippen LogP contribution < -0.4 is 15.7 Å². The van der Waals surface area contributed by atoms with Gasteiger partial charge in [-0.1, -0.05) is 29.8 Å². The zero-order valence-electron chi connectivity index (χ0n) is 16.3. The van der Waals surface area contributed by atoms with Crippen molar-refractivity contribution in [2.24, 2.45) is 0 Å². The van der Waals surface area contributed by atoms with Crippen molar-refractivity contribution in [1.82, 2.24) is 19.2 Å². The molecule has 9 heteroatoms. The van der Waals surface area contributed by atoms with Gasteiger partial charge in [-0.3, -0.25) is 4.79 Å². The Bertz CT molecular complexity index is 1290. The Morgan fingerprint density at radius 1 is 1.17 bits per heavy atom. The summed E-state index contributed by atoms with van der Waals surface area (Å²) >= 11 is 6.06. The van der Waals surface area contributed by atoms with Crippen LogP contribution in [0.25, 0.3) is 5.65 Å². The van der Waals surface area contributed by atoms with Crippen LogP contribution in [0, 0.1) is 13.8 Å². The summed E-state index contributed by atoms with van der Waals surface area (Å²) in [4.78, 5) is 29.3. The fourth-order valence-electron chi connectivity index (χ4n) is 3.09. The molecule has 0 saturated heterocycles. The Morgan fingerprint density at radius 2 is 1.90 bits per heavy atom. The molecule has 2 heterocycles. The molecule has 0 aliphatic heterocycles. The summed E-state index contributed by atoms with van der Waals surface area (Å²) in [5.41, 5.74) is 2.27. The maximum absolute atomic E-state index is 12.7. The molecule has 2 aromatic heterocycles. The van der Waals surface area contributed by atoms with Crippen LogP contribution in [0.3, 0.4) is 0 Å². The molecule has 152 valence electrons. The van der Waals surface area contributed by atoms with Crippen LogP contribution in [-0.2, 0) is 11.3 Å². The molecule has 2 aromatic carbocycles. The topological polar surface area (TPSA) is 90.5 Å². The van der Waals surface area contributed by atoms with E-state index >= 15 is 0 Å². The lowest BCUT2D eigenvalue weighted by atomic mass is 10.1. The molecule has 0 fully saturated rings. The largest absolute Gasteiger partial charge is 0.436 e. The number of halogens is 1. The van der Waals surface area contributed by atoms with Crippen LogP contribution in [0.5, 0.6) is 11.6 Å². The molecule has 4 aromatic rings. The van der Waals surface area contributed by atoms with Crippen molar-refractivity contribution >= 4 is 28.8 Å². The van der Waals surface area contributed by atoms with Gasteiger partial charge in [0.25, 0.3) is 5.88 Å². The summed E-state index contributed by atoms with van der Waals surface area (Å²) in [5.74, 6) is 0.328. The van der Waals surface area contributed by atoms with E-state index in [4.69, 9.17) is 16.3 Å². The van der Waals surface area contributed by atoms with Gasteiger partial charge in [0, 0.05) is 12.4 Å². The van der Waals surface area contributed by atoms with E-state index in [1.165, 1.54) is 16.8 Å². The third-order valence-electron chi connectivity index (χ3n) is 4.32. The average Bonchev–Trinajstić information content (AvgIpc) is 3.00. The van der Waals surface area contributed by atoms with Gasteiger partial charge in [-0.25, -0.2) is 18.9 Å². The van der Waals surface area contributed by atoms with E-state index < -0.39 is 11.6 Å². The third kappa shape index (κ3) is 4.04. The molecule has 8 nitrogen and oxygen atoms in total. The first-order chi connectivity index (χ1) is 14.4. The minimum Gasteiger partial charge on any atom is -0.436 e. The van der Waals surface area contributed by atoms with E-state index in [0.29, 0.717) is 16.5 Å². The number of hydrogen-bond acceptors (Lipinski definition) is 5. The molecule has 0 saturated carbocycles. The standard InChI is InChI=1S/C21H18ClN5O3/c1-13-9-14(2)11-15(10-13)30-20-19-25-27(21(29)26(19)8-7-23-20)12-18(28)24-17-6-4-3-5-16(17)22/h3-11H,12H2,1-2H3,(H,24,28). The number of hydrogen-bond donors (Lipinski definition) is 1. The maximum Gasteiger partial charge on any atom is 0.351 e. The first kappa shape index (κ1) is 19.7. The normalized spacial score (nSPS) is 10.9. The number of anilines is 1. The van der Waals surface area contributed by atoms with Crippen LogP contribution >= 0.6 is 11.6 Å². The summed E-state index contributed by atoms with van der Waals surface area (Å²) in [6.45, 7) is 3.64. The minimum atomic E-state index is -0.480. The van der Waals surface area contributed by atoms with Gasteiger partial charge in [0.1, 0.15) is 12.3 Å². The predicted molar refractivity (Wildman–Crippen MR) is 113 cm³/mol. The highest BCUT2D eigenvalue weighted by Crippen LogP contribution is 2.24. The van der Waals surface area contributed by atoms with E-state index in [9.17, 15) is 9.59 Å². The summed E-state index contributed by atoms with van der Waals surface area (Å²) in [6, 6.07) is 12.6. The molecule has 0 unspecified atom stereocenters. The van der Waals surface area contributed by atoms with Crippen LogP contribution in [-0.4, -0.2) is 25.1 Å². The number of para-hydroxylation sites is 1. The predicted octanol–water partition coefficient (Wildman–Crippen LogP) is 3.59. The Morgan fingerprint density at radius 3 is 2.63 bits per heavy atom. The van der Waals surface area contributed by atoms with Gasteiger partial charge < -0.3 is 10.1 Å². The van der Waals surface area contributed by atoms with Crippen molar-refractivity contribution in [2.75, 3.05) is 5.32 Å². The molecule has 0 aliphatic rings. The second-order valence-corrected chi connectivity index (χ2v) is 7.23. The number of carbonyl (C=O) groups is 1. The Kier molecular flexibility index (Phi) is 5.24. The third-order valence-corrected chi connectivity index (χ3v) is 4.65. The van der Waals surface area contributed by atoms with Crippen molar-refractivity contribution in [2.45, 2.75) is 20.4 Å². The average molecular weight is 424 g/mol. The highest BCUT2D eigenvalue weighted by atomic mass is 35.5. The SMILES string of the molecule is Cc1cc(C)cc(Oc2nccn3c(=O)n(CC(=O)Nc4ccccc4Cl)nc23)c1. The number of amides is 1. The molecule has 0 aliphatic carbocycles. The van der Waals surface area contributed by atoms with Gasteiger partial charge >= 0.3 is 5.69 Å². The van der Waals surface area contributed by atoms with E-state index in [2.05, 4.69) is 15.4 Å². The van der Waals surface area contributed by atoms with Gasteiger partial charge in [0.05, 0.1) is 10.7 Å². The van der Waals surface area contributed by atoms with Gasteiger partial charge in [-0.2, -0.15) is 0 Å². The molecular formula is C21H18ClN5O3. The Labute approximate surface area is 176 Å². The minimum absolute atomic E-state index is 0.171. The number of aryl methyl sites for hydroxylation is 2. The van der Waals surface area contributed by atoms with Gasteiger partial charge in [-0.05, 0) is 49.2 Å². The zero-order chi connectivity index (χ0) is 21.3. The monoisotopic (exact) mass is 423 g/mol. The van der Waals surface area contributed by atoms with Crippen LogP contribution in [0.15, 0.2) is 59.7 Å². The Hall–Kier alpha value is -3.65. The fraction of sp³-hybridized carbons (Fsp3) is 0.143. The molecule has 0 spiro atoms. The molecule has 1 N–H and O–H groups in total. The van der Waals surface area contributed by atoms with Gasteiger partial charge in [-0.15, -0.1) is 5.10 Å². The molecule has 0 bridgehead atoms. The summed E-state index contributed by atoms with van der Waals surface area (Å²) < 4.78 is 8.21. The van der Waals surface area contributed by atoms with Crippen LogP contribution in [0.1, 0.15) is 11.1 Å². The van der Waals surface area contributed by atoms with Gasteiger partial charge in [0.15, 0.2) is 0 Å². The lowest BCUT2D eigenvalue weighted by Gasteiger charge is -2.07. The molecule has 0 atom stereocenters. The smallest absolute Gasteiger partial charge is 0.351 e. The van der Waals surface area contributed by atoms with Gasteiger partial charge in [0.2, 0.25) is 11.6 Å². The van der Waals surface area contributed by atoms with Crippen molar-refractivity contribution in [3.63, 3.8) is 0 Å². The lowest BCUT2D eigenvalue weighted by molar-refractivity contribution is -0.117. The highest BCUT2D eigenvalue weighted by molar-refractivity contribution is 6.33. The number of nitrogens with one attached hydrogen (secondary N) is 1. The molecular weight excluding hydrogens is 406 g/mol. The summed E-state index contributed by atoms with van der Waals surface area (Å²) in [5, 5.41) is 7.32. The number of fused-ring (bicyclic) bond motifs is 1. The van der Waals surface area contributed by atoms with Crippen molar-refractivity contribution in [3.05, 3.63) is 81.5 Å². The van der Waals surface area contributed by atoms with E-state index in [-0.39, 0.29) is 18.1 Å². The summed E-state index contributed by atoms with van der Waals surface area (Å²) in [6.07, 6.45) is 2.92. The number of carbonyl (C=O) groups excluding carboxylic acids is 1. The molecule has 1 amide bonds. The van der Waals surface area contributed by atoms with Crippen molar-refractivity contribution in [1.29, 1.82) is 0 Å². The number of nitrogens with zero attached hydrogens (tertiary/aromatic N) is 4. The summed E-state index contributed by atoms with van der Waals surface area (Å²) in [7, 11) is 0. The lowest BCUT2D eigenvalue weighted by Crippen LogP contribution is -2.28. The van der Waals surface area contributed by atoms with E-state index in [1.54, 1.807) is 24.3 Å². The first-order valence-corrected chi connectivity index (χ1v) is 9.53. The van der Waals surface area contributed by atoms with Crippen molar-refractivity contribution in [3.8, 4) is 11.6 Å². The number of benzene rings is 2. The second-order valence-electron chi connectivity index (χ2n) is 6.82. The quantitative estimate of drug-likeness (QED) is 0.529. The number of aromatic nitrogens is 4. The second kappa shape index (κ2) is 8.00. The van der Waals surface area contributed by atoms with Crippen LogP contribution in [0.4, 0.5) is 5.69 Å². The Balaban J connectivity index is 1.62. The molecule has 30 heavy (non-hydrogen) atoms. The van der Waals surface area contributed by atoms with Crippen LogP contribution in [0.2, 0.25) is 5.02 Å². The fourth-order valence-corrected chi connectivity index (χ4v) is 3.28. The molecule has 4 rings (SSSR count). The van der Waals surface area contributed by atoms with E-state index in [0.717, 1.165) is 15.8 Å². The maximum atomic E-state index is 12.7. The van der Waals surface area contributed by atoms with E-state index in [1.807, 2.05) is 32.0 Å².